The molecule has 0 saturated carbocycles. The molecule has 7 nitrogen and oxygen atoms in total. The molecule has 0 amide bonds. The third-order valence-corrected chi connectivity index (χ3v) is 6.20. The Balaban J connectivity index is 1.38. The second kappa shape index (κ2) is 9.22. The first-order chi connectivity index (χ1) is 15.7. The Hall–Kier alpha value is -3.03. The maximum Gasteiger partial charge on any atom is 0.163 e. The highest BCUT2D eigenvalue weighted by molar-refractivity contribution is 6.35. The number of rotatable bonds is 8. The van der Waals surface area contributed by atoms with Gasteiger partial charge in [-0.3, -0.25) is 0 Å². The Morgan fingerprint density at radius 3 is 3.00 bits per heavy atom. The van der Waals surface area contributed by atoms with Crippen molar-refractivity contribution in [2.45, 2.75) is 19.3 Å². The molecule has 2 aromatic heterocycles. The number of aromatic nitrogens is 2. The van der Waals surface area contributed by atoms with E-state index in [1.54, 1.807) is 7.11 Å². The fraction of sp³-hybridized carbons (Fsp3) is 0.333. The zero-order chi connectivity index (χ0) is 21.9. The van der Waals surface area contributed by atoms with Crippen molar-refractivity contribution in [3.63, 3.8) is 0 Å². The lowest BCUT2D eigenvalue weighted by molar-refractivity contribution is 0.278. The fourth-order valence-corrected chi connectivity index (χ4v) is 4.40. The van der Waals surface area contributed by atoms with Crippen molar-refractivity contribution in [2.24, 2.45) is 5.92 Å². The van der Waals surface area contributed by atoms with Gasteiger partial charge in [0.05, 0.1) is 29.9 Å². The molecule has 0 radical (unpaired) electrons. The number of nitrogens with zero attached hydrogens (tertiary/aromatic N) is 2. The van der Waals surface area contributed by atoms with E-state index in [0.29, 0.717) is 34.5 Å². The zero-order valence-electron chi connectivity index (χ0n) is 17.9. The average Bonchev–Trinajstić information content (AvgIpc) is 3.47. The van der Waals surface area contributed by atoms with Crippen molar-refractivity contribution >= 4 is 45.0 Å². The third kappa shape index (κ3) is 4.18. The summed E-state index contributed by atoms with van der Waals surface area (Å²) in [5.74, 6) is 2.74. The van der Waals surface area contributed by atoms with Crippen LogP contribution in [0.3, 0.4) is 0 Å². The number of hydrogen-bond donors (Lipinski definition) is 2. The molecule has 1 aliphatic rings. The predicted octanol–water partition coefficient (Wildman–Crippen LogP) is 5.55. The molecule has 5 rings (SSSR count). The van der Waals surface area contributed by atoms with Crippen molar-refractivity contribution in [1.82, 2.24) is 15.3 Å². The van der Waals surface area contributed by atoms with Gasteiger partial charge < -0.3 is 24.5 Å². The summed E-state index contributed by atoms with van der Waals surface area (Å²) < 4.78 is 17.3. The van der Waals surface area contributed by atoms with Gasteiger partial charge in [-0.25, -0.2) is 9.97 Å². The topological polar surface area (TPSA) is 81.4 Å². The Kier molecular flexibility index (Phi) is 6.01. The molecule has 3 heterocycles. The molecule has 0 bridgehead atoms. The molecule has 2 aromatic carbocycles. The lowest BCUT2D eigenvalue weighted by Gasteiger charge is -2.14. The summed E-state index contributed by atoms with van der Waals surface area (Å²) in [5.41, 5.74) is 2.21. The van der Waals surface area contributed by atoms with Crippen LogP contribution in [0.5, 0.6) is 11.5 Å². The highest BCUT2D eigenvalue weighted by atomic mass is 35.5. The molecule has 4 aromatic rings. The van der Waals surface area contributed by atoms with Crippen LogP contribution in [0.1, 0.15) is 19.3 Å². The van der Waals surface area contributed by atoms with Crippen molar-refractivity contribution in [1.29, 1.82) is 0 Å². The number of anilines is 2. The van der Waals surface area contributed by atoms with E-state index < -0.39 is 0 Å². The molecular formula is C24H25ClN4O3. The Labute approximate surface area is 191 Å². The van der Waals surface area contributed by atoms with Gasteiger partial charge in [-0.15, -0.1) is 0 Å². The summed E-state index contributed by atoms with van der Waals surface area (Å²) >= 11 is 6.21. The van der Waals surface area contributed by atoms with Crippen molar-refractivity contribution < 1.29 is 13.9 Å². The summed E-state index contributed by atoms with van der Waals surface area (Å²) in [6.07, 6.45) is 6.50. The van der Waals surface area contributed by atoms with Gasteiger partial charge in [0.1, 0.15) is 18.4 Å². The second-order valence-electron chi connectivity index (χ2n) is 7.98. The highest BCUT2D eigenvalue weighted by Crippen LogP contribution is 2.37. The minimum atomic E-state index is 0.573. The normalized spacial score (nSPS) is 16.0. The maximum atomic E-state index is 6.21. The van der Waals surface area contributed by atoms with Crippen LogP contribution >= 0.6 is 11.6 Å². The van der Waals surface area contributed by atoms with Crippen LogP contribution in [0, 0.1) is 5.92 Å². The number of halogens is 1. The van der Waals surface area contributed by atoms with E-state index in [-0.39, 0.29) is 0 Å². The van der Waals surface area contributed by atoms with Gasteiger partial charge >= 0.3 is 0 Å². The predicted molar refractivity (Wildman–Crippen MR) is 126 cm³/mol. The number of furan rings is 1. The first-order valence-corrected chi connectivity index (χ1v) is 11.2. The lowest BCUT2D eigenvalue weighted by Crippen LogP contribution is -2.10. The van der Waals surface area contributed by atoms with Gasteiger partial charge in [-0.2, -0.15) is 0 Å². The van der Waals surface area contributed by atoms with Crippen LogP contribution in [0.15, 0.2) is 47.3 Å². The molecule has 1 saturated heterocycles. The van der Waals surface area contributed by atoms with E-state index >= 15 is 0 Å². The summed E-state index contributed by atoms with van der Waals surface area (Å²) in [7, 11) is 1.64. The number of methoxy groups -OCH3 is 1. The van der Waals surface area contributed by atoms with Crippen molar-refractivity contribution in [2.75, 3.05) is 32.1 Å². The largest absolute Gasteiger partial charge is 0.493 e. The van der Waals surface area contributed by atoms with E-state index in [9.17, 15) is 0 Å². The maximum absolute atomic E-state index is 6.21. The van der Waals surface area contributed by atoms with E-state index in [4.69, 9.17) is 25.5 Å². The molecule has 1 aliphatic heterocycles. The Bertz CT molecular complexity index is 1240. The first-order valence-electron chi connectivity index (χ1n) is 10.8. The molecule has 1 fully saturated rings. The summed E-state index contributed by atoms with van der Waals surface area (Å²) in [6, 6.07) is 9.57. The SMILES string of the molecule is COc1cc2c(Nc3cccc4c(Cl)coc34)ncnc2cc1OCCCC1CCNC1. The van der Waals surface area contributed by atoms with Crippen LogP contribution in [-0.2, 0) is 0 Å². The molecule has 0 aliphatic carbocycles. The summed E-state index contributed by atoms with van der Waals surface area (Å²) in [4.78, 5) is 8.88. The van der Waals surface area contributed by atoms with Gasteiger partial charge in [0.2, 0.25) is 0 Å². The minimum Gasteiger partial charge on any atom is -0.493 e. The van der Waals surface area contributed by atoms with E-state index in [1.165, 1.54) is 25.4 Å². The van der Waals surface area contributed by atoms with Crippen molar-refractivity contribution in [3.8, 4) is 11.5 Å². The van der Waals surface area contributed by atoms with Gasteiger partial charge in [0.15, 0.2) is 17.1 Å². The molecule has 0 spiro atoms. The molecule has 166 valence electrons. The monoisotopic (exact) mass is 452 g/mol. The lowest BCUT2D eigenvalue weighted by atomic mass is 10.0. The summed E-state index contributed by atoms with van der Waals surface area (Å²) in [5, 5.41) is 9.00. The molecule has 2 N–H and O–H groups in total. The molecule has 32 heavy (non-hydrogen) atoms. The molecular weight excluding hydrogens is 428 g/mol. The number of fused-ring (bicyclic) bond motifs is 2. The van der Waals surface area contributed by atoms with Crippen LogP contribution in [0.25, 0.3) is 21.9 Å². The van der Waals surface area contributed by atoms with Crippen LogP contribution in [-0.4, -0.2) is 36.8 Å². The number of nitrogens with one attached hydrogen (secondary N) is 2. The van der Waals surface area contributed by atoms with Gasteiger partial charge in [0.25, 0.3) is 0 Å². The van der Waals surface area contributed by atoms with Crippen LogP contribution < -0.4 is 20.1 Å². The van der Waals surface area contributed by atoms with E-state index in [0.717, 1.165) is 47.4 Å². The van der Waals surface area contributed by atoms with Gasteiger partial charge in [-0.05, 0) is 56.5 Å². The Morgan fingerprint density at radius 2 is 2.16 bits per heavy atom. The number of hydrogen-bond acceptors (Lipinski definition) is 7. The standard InChI is InChI=1S/C24H25ClN4O3/c1-30-21-10-17-20(11-22(21)31-9-3-4-15-7-8-26-12-15)27-14-28-24(17)29-19-6-2-5-16-18(25)13-32-23(16)19/h2,5-6,10-11,13-15,26H,3-4,7-9,12H2,1H3,(H,27,28,29). The van der Waals surface area contributed by atoms with E-state index in [1.807, 2.05) is 30.3 Å². The number of para-hydroxylation sites is 1. The fourth-order valence-electron chi connectivity index (χ4n) is 4.20. The van der Waals surface area contributed by atoms with Crippen LogP contribution in [0.2, 0.25) is 5.02 Å². The molecule has 1 unspecified atom stereocenters. The highest BCUT2D eigenvalue weighted by Gasteiger charge is 2.16. The van der Waals surface area contributed by atoms with Gasteiger partial charge in [0, 0.05) is 16.8 Å². The Morgan fingerprint density at radius 1 is 1.22 bits per heavy atom. The summed E-state index contributed by atoms with van der Waals surface area (Å²) in [6.45, 7) is 2.89. The van der Waals surface area contributed by atoms with E-state index in [2.05, 4.69) is 20.6 Å². The second-order valence-corrected chi connectivity index (χ2v) is 8.39. The van der Waals surface area contributed by atoms with Crippen molar-refractivity contribution in [3.05, 3.63) is 47.9 Å². The van der Waals surface area contributed by atoms with Gasteiger partial charge in [-0.1, -0.05) is 17.7 Å². The smallest absolute Gasteiger partial charge is 0.163 e. The zero-order valence-corrected chi connectivity index (χ0v) is 18.6. The van der Waals surface area contributed by atoms with Crippen LogP contribution in [0.4, 0.5) is 11.5 Å². The third-order valence-electron chi connectivity index (χ3n) is 5.90. The quantitative estimate of drug-likeness (QED) is 0.339. The number of ether oxygens (including phenoxy) is 2. The number of benzene rings is 2. The first kappa shape index (κ1) is 20.8. The average molecular weight is 453 g/mol. The molecule has 1 atom stereocenters. The molecule has 8 heteroatoms. The minimum absolute atomic E-state index is 0.573.